The van der Waals surface area contributed by atoms with Crippen LogP contribution < -0.4 is 5.32 Å². The molecular weight excluding hydrogens is 246 g/mol. The van der Waals surface area contributed by atoms with Crippen molar-refractivity contribution >= 4 is 22.6 Å². The van der Waals surface area contributed by atoms with E-state index >= 15 is 0 Å². The highest BCUT2D eigenvalue weighted by Crippen LogP contribution is 2.41. The number of nitrogens with zero attached hydrogens (tertiary/aromatic N) is 2. The lowest BCUT2D eigenvalue weighted by atomic mass is 10.1. The molecule has 1 aliphatic heterocycles. The number of fused-ring (bicyclic) bond motifs is 1. The van der Waals surface area contributed by atoms with Crippen LogP contribution in [-0.2, 0) is 0 Å². The smallest absolute Gasteiger partial charge is 0.114 e. The molecule has 4 rings (SSSR count). The van der Waals surface area contributed by atoms with Gasteiger partial charge in [0.05, 0.1) is 11.0 Å². The van der Waals surface area contributed by atoms with E-state index in [-0.39, 0.29) is 0 Å². The molecule has 3 nitrogen and oxygen atoms in total. The molecule has 1 saturated heterocycles. The Morgan fingerprint density at radius 1 is 1.28 bits per heavy atom. The number of rotatable bonds is 2. The van der Waals surface area contributed by atoms with Crippen LogP contribution in [0.1, 0.15) is 37.0 Å². The molecule has 4 heteroatoms. The predicted octanol–water partition coefficient (Wildman–Crippen LogP) is 3.10. The SMILES string of the molecule is Clc1ccc2c(c1)nc(C1CCNC1)n2C1CC1. The number of imidazole rings is 1. The topological polar surface area (TPSA) is 29.9 Å². The van der Waals surface area contributed by atoms with Crippen molar-refractivity contribution in [1.29, 1.82) is 0 Å². The van der Waals surface area contributed by atoms with Gasteiger partial charge in [0.25, 0.3) is 0 Å². The van der Waals surface area contributed by atoms with Crippen molar-refractivity contribution in [2.45, 2.75) is 31.2 Å². The zero-order valence-corrected chi connectivity index (χ0v) is 11.0. The Bertz CT molecular complexity index is 594. The molecule has 0 spiro atoms. The lowest BCUT2D eigenvalue weighted by molar-refractivity contribution is 0.622. The van der Waals surface area contributed by atoms with E-state index in [2.05, 4.69) is 16.0 Å². The van der Waals surface area contributed by atoms with E-state index in [1.54, 1.807) is 0 Å². The summed E-state index contributed by atoms with van der Waals surface area (Å²) in [6.45, 7) is 2.17. The Balaban J connectivity index is 1.91. The van der Waals surface area contributed by atoms with Crippen LogP contribution in [0, 0.1) is 0 Å². The summed E-state index contributed by atoms with van der Waals surface area (Å²) < 4.78 is 2.46. The third-order valence-corrected chi connectivity index (χ3v) is 4.25. The zero-order valence-electron chi connectivity index (χ0n) is 10.2. The molecule has 1 aromatic carbocycles. The summed E-state index contributed by atoms with van der Waals surface area (Å²) in [6.07, 6.45) is 3.78. The Morgan fingerprint density at radius 2 is 2.17 bits per heavy atom. The summed E-state index contributed by atoms with van der Waals surface area (Å²) in [4.78, 5) is 4.86. The van der Waals surface area contributed by atoms with Crippen molar-refractivity contribution in [2.75, 3.05) is 13.1 Å². The first-order valence-electron chi connectivity index (χ1n) is 6.71. The molecule has 2 aliphatic rings. The highest BCUT2D eigenvalue weighted by Gasteiger charge is 2.31. The molecule has 18 heavy (non-hydrogen) atoms. The van der Waals surface area contributed by atoms with Gasteiger partial charge in [-0.05, 0) is 44.0 Å². The number of hydrogen-bond donors (Lipinski definition) is 1. The lowest BCUT2D eigenvalue weighted by Gasteiger charge is -2.12. The number of halogens is 1. The van der Waals surface area contributed by atoms with Crippen LogP contribution in [0.5, 0.6) is 0 Å². The van der Waals surface area contributed by atoms with Gasteiger partial charge in [0.2, 0.25) is 0 Å². The van der Waals surface area contributed by atoms with Crippen LogP contribution in [0.25, 0.3) is 11.0 Å². The summed E-state index contributed by atoms with van der Waals surface area (Å²) in [5.41, 5.74) is 2.31. The molecule has 1 saturated carbocycles. The fraction of sp³-hybridized carbons (Fsp3) is 0.500. The molecule has 1 unspecified atom stereocenters. The number of hydrogen-bond acceptors (Lipinski definition) is 2. The standard InChI is InChI=1S/C14H16ClN3/c15-10-1-4-13-12(7-10)17-14(9-5-6-16-8-9)18(13)11-2-3-11/h1,4,7,9,11,16H,2-3,5-6,8H2. The highest BCUT2D eigenvalue weighted by atomic mass is 35.5. The van der Waals surface area contributed by atoms with Crippen molar-refractivity contribution in [3.63, 3.8) is 0 Å². The van der Waals surface area contributed by atoms with Gasteiger partial charge >= 0.3 is 0 Å². The Hall–Kier alpha value is -1.06. The second-order valence-electron chi connectivity index (χ2n) is 5.39. The van der Waals surface area contributed by atoms with E-state index in [1.165, 1.54) is 30.6 Å². The maximum Gasteiger partial charge on any atom is 0.114 e. The second kappa shape index (κ2) is 3.97. The van der Waals surface area contributed by atoms with Crippen LogP contribution in [0.3, 0.4) is 0 Å². The molecule has 1 atom stereocenters. The second-order valence-corrected chi connectivity index (χ2v) is 5.83. The molecule has 0 amide bonds. The molecule has 1 aliphatic carbocycles. The fourth-order valence-corrected chi connectivity index (χ4v) is 3.14. The van der Waals surface area contributed by atoms with Gasteiger partial charge < -0.3 is 9.88 Å². The molecule has 2 fully saturated rings. The predicted molar refractivity (Wildman–Crippen MR) is 73.2 cm³/mol. The Kier molecular flexibility index (Phi) is 2.39. The normalized spacial score (nSPS) is 23.9. The first kappa shape index (κ1) is 10.8. The van der Waals surface area contributed by atoms with E-state index in [9.17, 15) is 0 Å². The minimum atomic E-state index is 0.566. The first-order chi connectivity index (χ1) is 8.83. The highest BCUT2D eigenvalue weighted by molar-refractivity contribution is 6.31. The van der Waals surface area contributed by atoms with Gasteiger partial charge in [-0.25, -0.2) is 4.98 Å². The van der Waals surface area contributed by atoms with E-state index in [0.29, 0.717) is 12.0 Å². The van der Waals surface area contributed by atoms with E-state index < -0.39 is 0 Å². The average molecular weight is 262 g/mol. The van der Waals surface area contributed by atoms with E-state index in [4.69, 9.17) is 16.6 Å². The number of benzene rings is 1. The first-order valence-corrected chi connectivity index (χ1v) is 7.09. The van der Waals surface area contributed by atoms with Gasteiger partial charge in [0, 0.05) is 23.5 Å². The van der Waals surface area contributed by atoms with Gasteiger partial charge in [0.1, 0.15) is 5.82 Å². The fourth-order valence-electron chi connectivity index (χ4n) is 2.97. The summed E-state index contributed by atoms with van der Waals surface area (Å²) in [6, 6.07) is 6.75. The molecular formula is C14H16ClN3. The van der Waals surface area contributed by atoms with Crippen molar-refractivity contribution in [2.24, 2.45) is 0 Å². The van der Waals surface area contributed by atoms with Gasteiger partial charge in [-0.3, -0.25) is 0 Å². The van der Waals surface area contributed by atoms with Crippen LogP contribution in [0.15, 0.2) is 18.2 Å². The van der Waals surface area contributed by atoms with E-state index in [0.717, 1.165) is 23.6 Å². The summed E-state index contributed by atoms with van der Waals surface area (Å²) >= 11 is 6.07. The summed E-state index contributed by atoms with van der Waals surface area (Å²) in [7, 11) is 0. The van der Waals surface area contributed by atoms with Crippen molar-refractivity contribution in [1.82, 2.24) is 14.9 Å². The third-order valence-electron chi connectivity index (χ3n) is 4.02. The van der Waals surface area contributed by atoms with Crippen LogP contribution in [-0.4, -0.2) is 22.6 Å². The van der Waals surface area contributed by atoms with E-state index in [1.807, 2.05) is 12.1 Å². The Labute approximate surface area is 111 Å². The average Bonchev–Trinajstić information content (AvgIpc) is 2.92. The molecule has 1 aromatic heterocycles. The number of nitrogens with one attached hydrogen (secondary N) is 1. The Morgan fingerprint density at radius 3 is 2.89 bits per heavy atom. The summed E-state index contributed by atoms with van der Waals surface area (Å²) in [5.74, 6) is 1.83. The van der Waals surface area contributed by atoms with Crippen LogP contribution >= 0.6 is 11.6 Å². The molecule has 94 valence electrons. The van der Waals surface area contributed by atoms with Gasteiger partial charge in [-0.15, -0.1) is 0 Å². The third kappa shape index (κ3) is 1.65. The van der Waals surface area contributed by atoms with Crippen molar-refractivity contribution in [3.8, 4) is 0 Å². The maximum atomic E-state index is 6.07. The lowest BCUT2D eigenvalue weighted by Crippen LogP contribution is -2.12. The van der Waals surface area contributed by atoms with Crippen LogP contribution in [0.4, 0.5) is 0 Å². The van der Waals surface area contributed by atoms with Crippen LogP contribution in [0.2, 0.25) is 5.02 Å². The van der Waals surface area contributed by atoms with Crippen molar-refractivity contribution in [3.05, 3.63) is 29.0 Å². The van der Waals surface area contributed by atoms with Gasteiger partial charge in [0.15, 0.2) is 0 Å². The molecule has 0 bridgehead atoms. The molecule has 0 radical (unpaired) electrons. The van der Waals surface area contributed by atoms with Gasteiger partial charge in [-0.1, -0.05) is 11.6 Å². The zero-order chi connectivity index (χ0) is 12.1. The molecule has 2 aromatic rings. The monoisotopic (exact) mass is 261 g/mol. The molecule has 2 heterocycles. The molecule has 1 N–H and O–H groups in total. The van der Waals surface area contributed by atoms with Crippen molar-refractivity contribution < 1.29 is 0 Å². The minimum Gasteiger partial charge on any atom is -0.325 e. The largest absolute Gasteiger partial charge is 0.325 e. The summed E-state index contributed by atoms with van der Waals surface area (Å²) in [5, 5.41) is 4.21. The minimum absolute atomic E-state index is 0.566. The quantitative estimate of drug-likeness (QED) is 0.900. The number of aromatic nitrogens is 2. The maximum absolute atomic E-state index is 6.07. The van der Waals surface area contributed by atoms with Gasteiger partial charge in [-0.2, -0.15) is 0 Å².